The van der Waals surface area contributed by atoms with Crippen LogP contribution in [0.3, 0.4) is 0 Å². The van der Waals surface area contributed by atoms with Gasteiger partial charge in [-0.1, -0.05) is 30.3 Å². The summed E-state index contributed by atoms with van der Waals surface area (Å²) in [5.74, 6) is 0.734. The van der Waals surface area contributed by atoms with Crippen LogP contribution in [-0.2, 0) is 0 Å². The van der Waals surface area contributed by atoms with E-state index >= 15 is 0 Å². The Bertz CT molecular complexity index is 315. The molecule has 0 aliphatic carbocycles. The summed E-state index contributed by atoms with van der Waals surface area (Å²) in [5.41, 5.74) is 6.66. The summed E-state index contributed by atoms with van der Waals surface area (Å²) in [4.78, 5) is 0. The summed E-state index contributed by atoms with van der Waals surface area (Å²) in [6.45, 7) is 0. The van der Waals surface area contributed by atoms with Gasteiger partial charge in [-0.2, -0.15) is 0 Å². The van der Waals surface area contributed by atoms with Gasteiger partial charge in [-0.3, -0.25) is 10.9 Å². The van der Waals surface area contributed by atoms with Crippen LogP contribution in [-0.4, -0.2) is 12.2 Å². The van der Waals surface area contributed by atoms with E-state index in [0.29, 0.717) is 0 Å². The van der Waals surface area contributed by atoms with Gasteiger partial charge >= 0.3 is 0 Å². The van der Waals surface area contributed by atoms with Crippen LogP contribution in [0, 0.1) is 0 Å². The molecule has 0 fully saturated rings. The fraction of sp³-hybridized carbons (Fsp3) is 0. The van der Waals surface area contributed by atoms with E-state index in [4.69, 9.17) is 0 Å². The smallest absolute Gasteiger partial charge is 0.174 e. The average Bonchev–Trinajstić information content (AvgIpc) is 2.21. The van der Waals surface area contributed by atoms with Crippen LogP contribution >= 0.6 is 0 Å². The molecule has 2 N–H and O–H groups in total. The van der Waals surface area contributed by atoms with Crippen LogP contribution < -0.4 is 10.9 Å². The zero-order valence-electron chi connectivity index (χ0n) is 6.36. The third-order valence-electron chi connectivity index (χ3n) is 1.52. The van der Waals surface area contributed by atoms with Crippen LogP contribution in [0.15, 0.2) is 40.5 Å². The Balaban J connectivity index is 2.31. The van der Waals surface area contributed by atoms with Gasteiger partial charge in [0.2, 0.25) is 0 Å². The van der Waals surface area contributed by atoms with Gasteiger partial charge in [0.25, 0.3) is 0 Å². The number of benzene rings is 1. The van der Waals surface area contributed by atoms with Crippen molar-refractivity contribution in [2.75, 3.05) is 0 Å². The molecule has 0 radical (unpaired) electrons. The zero-order chi connectivity index (χ0) is 8.23. The molecule has 0 bridgehead atoms. The lowest BCUT2D eigenvalue weighted by Crippen LogP contribution is -2.39. The van der Waals surface area contributed by atoms with Crippen LogP contribution in [0.25, 0.3) is 0 Å². The van der Waals surface area contributed by atoms with Gasteiger partial charge in [0.15, 0.2) is 5.84 Å². The van der Waals surface area contributed by atoms with Crippen molar-refractivity contribution in [3.63, 3.8) is 0 Å². The summed E-state index contributed by atoms with van der Waals surface area (Å²) < 4.78 is 0. The molecule has 4 heteroatoms. The Hall–Kier alpha value is -1.84. The van der Waals surface area contributed by atoms with E-state index in [1.54, 1.807) is 0 Å². The number of hydrogen-bond acceptors (Lipinski definition) is 4. The molecule has 12 heavy (non-hydrogen) atoms. The summed E-state index contributed by atoms with van der Waals surface area (Å²) in [7, 11) is 0. The number of hydrogen-bond donors (Lipinski definition) is 2. The molecular formula is C8H8N4. The zero-order valence-corrected chi connectivity index (χ0v) is 6.36. The largest absolute Gasteiger partial charge is 0.287 e. The van der Waals surface area contributed by atoms with Gasteiger partial charge in [-0.05, 0) is 0 Å². The van der Waals surface area contributed by atoms with Gasteiger partial charge in [0, 0.05) is 5.56 Å². The molecule has 0 atom stereocenters. The lowest BCUT2D eigenvalue weighted by atomic mass is 10.2. The third-order valence-corrected chi connectivity index (χ3v) is 1.52. The van der Waals surface area contributed by atoms with E-state index < -0.39 is 0 Å². The molecule has 0 saturated heterocycles. The average molecular weight is 160 g/mol. The van der Waals surface area contributed by atoms with Crippen LogP contribution in [0.1, 0.15) is 5.56 Å². The fourth-order valence-corrected chi connectivity index (χ4v) is 0.967. The highest BCUT2D eigenvalue weighted by Crippen LogP contribution is 1.99. The van der Waals surface area contributed by atoms with Crippen molar-refractivity contribution in [3.05, 3.63) is 35.9 Å². The molecule has 0 aromatic heterocycles. The van der Waals surface area contributed by atoms with Crippen LogP contribution in [0.4, 0.5) is 0 Å². The number of amidine groups is 1. The quantitative estimate of drug-likeness (QED) is 0.628. The number of nitrogens with zero attached hydrogens (tertiary/aromatic N) is 2. The van der Waals surface area contributed by atoms with Gasteiger partial charge in [0.1, 0.15) is 6.34 Å². The van der Waals surface area contributed by atoms with Crippen molar-refractivity contribution in [3.8, 4) is 0 Å². The summed E-state index contributed by atoms with van der Waals surface area (Å²) in [6.07, 6.45) is 1.49. The van der Waals surface area contributed by atoms with E-state index in [-0.39, 0.29) is 0 Å². The fourth-order valence-electron chi connectivity index (χ4n) is 0.967. The van der Waals surface area contributed by atoms with Gasteiger partial charge < -0.3 is 0 Å². The second-order valence-corrected chi connectivity index (χ2v) is 2.33. The van der Waals surface area contributed by atoms with Crippen molar-refractivity contribution in [1.82, 2.24) is 10.9 Å². The van der Waals surface area contributed by atoms with Crippen molar-refractivity contribution in [2.45, 2.75) is 0 Å². The molecule has 0 saturated carbocycles. The molecule has 1 aliphatic rings. The molecule has 1 heterocycles. The minimum Gasteiger partial charge on any atom is -0.287 e. The third kappa shape index (κ3) is 1.27. The first kappa shape index (κ1) is 6.84. The van der Waals surface area contributed by atoms with E-state index in [0.717, 1.165) is 11.4 Å². The van der Waals surface area contributed by atoms with Gasteiger partial charge in [-0.25, -0.2) is 0 Å². The highest BCUT2D eigenvalue weighted by Gasteiger charge is 2.02. The second-order valence-electron chi connectivity index (χ2n) is 2.33. The van der Waals surface area contributed by atoms with Gasteiger partial charge in [-0.15, -0.1) is 10.2 Å². The first-order valence-electron chi connectivity index (χ1n) is 3.63. The normalized spacial score (nSPS) is 14.5. The highest BCUT2D eigenvalue weighted by molar-refractivity contribution is 5.99. The molecule has 1 aromatic rings. The Kier molecular flexibility index (Phi) is 1.74. The monoisotopic (exact) mass is 160 g/mol. The van der Waals surface area contributed by atoms with E-state index in [2.05, 4.69) is 21.1 Å². The Morgan fingerprint density at radius 1 is 1.08 bits per heavy atom. The van der Waals surface area contributed by atoms with Crippen LogP contribution in [0.5, 0.6) is 0 Å². The molecule has 0 unspecified atom stereocenters. The van der Waals surface area contributed by atoms with E-state index in [1.165, 1.54) is 6.34 Å². The number of rotatable bonds is 1. The van der Waals surface area contributed by atoms with Crippen molar-refractivity contribution in [1.29, 1.82) is 0 Å². The van der Waals surface area contributed by atoms with E-state index in [9.17, 15) is 0 Å². The predicted octanol–water partition coefficient (Wildman–Crippen LogP) is 0.484. The minimum absolute atomic E-state index is 0.734. The topological polar surface area (TPSA) is 48.8 Å². The Labute approximate surface area is 70.0 Å². The van der Waals surface area contributed by atoms with Crippen molar-refractivity contribution >= 4 is 12.2 Å². The second kappa shape index (κ2) is 3.04. The molecule has 0 spiro atoms. The first-order valence-corrected chi connectivity index (χ1v) is 3.63. The Morgan fingerprint density at radius 2 is 1.92 bits per heavy atom. The SMILES string of the molecule is C1=NN=C(c2ccccc2)NN1. The molecule has 4 nitrogen and oxygen atoms in total. The predicted molar refractivity (Wildman–Crippen MR) is 47.7 cm³/mol. The first-order chi connectivity index (χ1) is 5.97. The molecular weight excluding hydrogens is 152 g/mol. The van der Waals surface area contributed by atoms with Crippen molar-refractivity contribution < 1.29 is 0 Å². The number of nitrogens with one attached hydrogen (secondary N) is 2. The number of hydrazine groups is 1. The Morgan fingerprint density at radius 3 is 2.58 bits per heavy atom. The molecule has 1 aromatic carbocycles. The maximum Gasteiger partial charge on any atom is 0.174 e. The molecule has 2 rings (SSSR count). The van der Waals surface area contributed by atoms with E-state index in [1.807, 2.05) is 30.3 Å². The lowest BCUT2D eigenvalue weighted by Gasteiger charge is -2.10. The summed E-state index contributed by atoms with van der Waals surface area (Å²) in [6, 6.07) is 9.81. The maximum absolute atomic E-state index is 3.91. The minimum atomic E-state index is 0.734. The maximum atomic E-state index is 3.91. The molecule has 0 amide bonds. The van der Waals surface area contributed by atoms with Crippen molar-refractivity contribution in [2.24, 2.45) is 10.2 Å². The summed E-state index contributed by atoms with van der Waals surface area (Å²) >= 11 is 0. The molecule has 60 valence electrons. The highest BCUT2D eigenvalue weighted by atomic mass is 15.5. The lowest BCUT2D eigenvalue weighted by molar-refractivity contribution is 0.845. The van der Waals surface area contributed by atoms with Crippen LogP contribution in [0.2, 0.25) is 0 Å². The molecule has 1 aliphatic heterocycles. The van der Waals surface area contributed by atoms with Gasteiger partial charge in [0.05, 0.1) is 0 Å². The summed E-state index contributed by atoms with van der Waals surface area (Å²) in [5, 5.41) is 7.64. The standard InChI is InChI=1S/C8H8N4/c1-2-4-7(5-3-1)8-11-9-6-10-12-8/h1-6H,(H,9,10)(H,11,12).